The highest BCUT2D eigenvalue weighted by molar-refractivity contribution is 6.30. The van der Waals surface area contributed by atoms with Gasteiger partial charge in [-0.15, -0.1) is 0 Å². The third kappa shape index (κ3) is 6.36. The van der Waals surface area contributed by atoms with Crippen molar-refractivity contribution in [1.29, 1.82) is 0 Å². The average molecular weight is 497 g/mol. The SMILES string of the molecule is CN1CCN=C1c1ccc(C(=O)N[C@@H](CC(=O)Nc2ccc(Cl)cn2)C(=O)N2CCCCC2)cc1. The molecule has 1 aromatic heterocycles. The summed E-state index contributed by atoms with van der Waals surface area (Å²) in [5, 5.41) is 5.90. The minimum absolute atomic E-state index is 0.203. The number of pyridine rings is 1. The lowest BCUT2D eigenvalue weighted by atomic mass is 10.1. The van der Waals surface area contributed by atoms with E-state index in [-0.39, 0.29) is 12.3 Å². The number of likely N-dealkylation sites (N-methyl/N-ethyl adjacent to an activating group) is 1. The van der Waals surface area contributed by atoms with E-state index < -0.39 is 17.9 Å². The molecule has 1 fully saturated rings. The molecule has 2 N–H and O–H groups in total. The Kier molecular flexibility index (Phi) is 7.97. The van der Waals surface area contributed by atoms with Gasteiger partial charge in [-0.3, -0.25) is 19.4 Å². The number of aromatic nitrogens is 1. The van der Waals surface area contributed by atoms with Gasteiger partial charge in [-0.1, -0.05) is 23.7 Å². The summed E-state index contributed by atoms with van der Waals surface area (Å²) in [6.45, 7) is 2.86. The zero-order chi connectivity index (χ0) is 24.8. The monoisotopic (exact) mass is 496 g/mol. The molecule has 0 aliphatic carbocycles. The minimum Gasteiger partial charge on any atom is -0.358 e. The molecule has 9 nitrogen and oxygen atoms in total. The fraction of sp³-hybridized carbons (Fsp3) is 0.400. The Morgan fingerprint density at radius 3 is 2.40 bits per heavy atom. The number of halogens is 1. The molecule has 1 saturated heterocycles. The maximum atomic E-state index is 13.2. The van der Waals surface area contributed by atoms with Gasteiger partial charge in [0.2, 0.25) is 11.8 Å². The fourth-order valence-corrected chi connectivity index (χ4v) is 4.33. The van der Waals surface area contributed by atoms with Crippen LogP contribution in [0.2, 0.25) is 5.02 Å². The maximum Gasteiger partial charge on any atom is 0.251 e. The van der Waals surface area contributed by atoms with E-state index in [2.05, 4.69) is 25.5 Å². The lowest BCUT2D eigenvalue weighted by Crippen LogP contribution is -2.51. The summed E-state index contributed by atoms with van der Waals surface area (Å²) in [6, 6.07) is 9.30. The molecule has 0 saturated carbocycles. The highest BCUT2D eigenvalue weighted by Crippen LogP contribution is 2.15. The smallest absolute Gasteiger partial charge is 0.251 e. The van der Waals surface area contributed by atoms with Crippen LogP contribution >= 0.6 is 11.6 Å². The van der Waals surface area contributed by atoms with Gasteiger partial charge in [-0.2, -0.15) is 0 Å². The fourth-order valence-electron chi connectivity index (χ4n) is 4.22. The van der Waals surface area contributed by atoms with Crippen LogP contribution in [-0.4, -0.2) is 77.6 Å². The van der Waals surface area contributed by atoms with Gasteiger partial charge in [-0.05, 0) is 43.5 Å². The first-order valence-corrected chi connectivity index (χ1v) is 12.2. The van der Waals surface area contributed by atoms with Crippen molar-refractivity contribution in [2.24, 2.45) is 4.99 Å². The van der Waals surface area contributed by atoms with Gasteiger partial charge in [0.25, 0.3) is 5.91 Å². The second-order valence-electron chi connectivity index (χ2n) is 8.73. The molecule has 0 unspecified atom stereocenters. The van der Waals surface area contributed by atoms with Crippen molar-refractivity contribution in [1.82, 2.24) is 20.1 Å². The third-order valence-corrected chi connectivity index (χ3v) is 6.34. The van der Waals surface area contributed by atoms with Gasteiger partial charge in [-0.25, -0.2) is 4.98 Å². The van der Waals surface area contributed by atoms with Crippen molar-refractivity contribution in [3.8, 4) is 0 Å². The number of anilines is 1. The van der Waals surface area contributed by atoms with Crippen LogP contribution in [0.25, 0.3) is 0 Å². The number of amides is 3. The first-order chi connectivity index (χ1) is 16.9. The predicted molar refractivity (Wildman–Crippen MR) is 135 cm³/mol. The Morgan fingerprint density at radius 2 is 1.77 bits per heavy atom. The van der Waals surface area contributed by atoms with Gasteiger partial charge < -0.3 is 20.4 Å². The van der Waals surface area contributed by atoms with E-state index >= 15 is 0 Å². The first-order valence-electron chi connectivity index (χ1n) is 11.8. The molecule has 0 spiro atoms. The molecule has 2 aromatic rings. The van der Waals surface area contributed by atoms with E-state index in [1.165, 1.54) is 6.20 Å². The summed E-state index contributed by atoms with van der Waals surface area (Å²) < 4.78 is 0. The molecule has 2 aliphatic heterocycles. The van der Waals surface area contributed by atoms with Crippen LogP contribution < -0.4 is 10.6 Å². The van der Waals surface area contributed by atoms with E-state index in [1.54, 1.807) is 29.2 Å². The quantitative estimate of drug-likeness (QED) is 0.612. The van der Waals surface area contributed by atoms with Crippen LogP contribution in [0.3, 0.4) is 0 Å². The predicted octanol–water partition coefficient (Wildman–Crippen LogP) is 2.57. The molecule has 35 heavy (non-hydrogen) atoms. The Bertz CT molecular complexity index is 1100. The maximum absolute atomic E-state index is 13.2. The van der Waals surface area contributed by atoms with Crippen molar-refractivity contribution in [2.45, 2.75) is 31.7 Å². The lowest BCUT2D eigenvalue weighted by molar-refractivity contribution is -0.135. The van der Waals surface area contributed by atoms with Crippen LogP contribution in [0.5, 0.6) is 0 Å². The number of aliphatic imine (C=N–C) groups is 1. The summed E-state index contributed by atoms with van der Waals surface area (Å²) >= 11 is 5.85. The third-order valence-electron chi connectivity index (χ3n) is 6.12. The van der Waals surface area contributed by atoms with E-state index in [0.29, 0.717) is 29.5 Å². The van der Waals surface area contributed by atoms with Crippen molar-refractivity contribution in [2.75, 3.05) is 38.5 Å². The molecule has 184 valence electrons. The van der Waals surface area contributed by atoms with Crippen LogP contribution in [0, 0.1) is 0 Å². The van der Waals surface area contributed by atoms with Crippen molar-refractivity contribution >= 4 is 41.0 Å². The zero-order valence-electron chi connectivity index (χ0n) is 19.7. The molecule has 1 aromatic carbocycles. The summed E-state index contributed by atoms with van der Waals surface area (Å²) in [6.07, 6.45) is 4.11. The Morgan fingerprint density at radius 1 is 1.03 bits per heavy atom. The second-order valence-corrected chi connectivity index (χ2v) is 9.17. The highest BCUT2D eigenvalue weighted by Gasteiger charge is 2.29. The average Bonchev–Trinajstić information content (AvgIpc) is 3.31. The topological polar surface area (TPSA) is 107 Å². The molecule has 4 rings (SSSR count). The number of nitrogens with zero attached hydrogens (tertiary/aromatic N) is 4. The number of nitrogens with one attached hydrogen (secondary N) is 2. The number of benzene rings is 1. The first kappa shape index (κ1) is 24.7. The largest absolute Gasteiger partial charge is 0.358 e. The van der Waals surface area contributed by atoms with Crippen molar-refractivity contribution in [3.05, 3.63) is 58.7 Å². The van der Waals surface area contributed by atoms with Crippen molar-refractivity contribution in [3.63, 3.8) is 0 Å². The van der Waals surface area contributed by atoms with Gasteiger partial charge in [0.05, 0.1) is 18.0 Å². The number of likely N-dealkylation sites (tertiary alicyclic amines) is 1. The van der Waals surface area contributed by atoms with E-state index in [4.69, 9.17) is 11.6 Å². The standard InChI is InChI=1S/C25H29ClN6O3/c1-31-14-11-27-23(31)17-5-7-18(8-6-17)24(34)29-20(25(35)32-12-3-2-4-13-32)15-22(33)30-21-10-9-19(26)16-28-21/h5-10,16,20H,2-4,11-15H2,1H3,(H,29,34)(H,28,30,33)/t20-/m0/s1. The Balaban J connectivity index is 1.45. The summed E-state index contributed by atoms with van der Waals surface area (Å²) in [5.74, 6) is 0.128. The molecule has 2 aliphatic rings. The molecule has 10 heteroatoms. The van der Waals surface area contributed by atoms with Gasteiger partial charge in [0, 0.05) is 44.0 Å². The van der Waals surface area contributed by atoms with E-state index in [0.717, 1.165) is 43.8 Å². The Labute approximate surface area is 209 Å². The van der Waals surface area contributed by atoms with Gasteiger partial charge in [0.15, 0.2) is 0 Å². The molecular weight excluding hydrogens is 468 g/mol. The van der Waals surface area contributed by atoms with Crippen LogP contribution in [0.15, 0.2) is 47.6 Å². The normalized spacial score (nSPS) is 16.5. The number of carbonyl (C=O) groups is 3. The number of hydrogen-bond donors (Lipinski definition) is 2. The zero-order valence-corrected chi connectivity index (χ0v) is 20.4. The summed E-state index contributed by atoms with van der Waals surface area (Å²) in [7, 11) is 1.98. The van der Waals surface area contributed by atoms with Crippen LogP contribution in [0.1, 0.15) is 41.6 Å². The molecule has 0 bridgehead atoms. The van der Waals surface area contributed by atoms with Gasteiger partial charge in [0.1, 0.15) is 17.7 Å². The molecule has 3 heterocycles. The lowest BCUT2D eigenvalue weighted by Gasteiger charge is -2.30. The van der Waals surface area contributed by atoms with Crippen molar-refractivity contribution < 1.29 is 14.4 Å². The number of piperidine rings is 1. The number of hydrogen-bond acceptors (Lipinski definition) is 6. The molecule has 3 amide bonds. The highest BCUT2D eigenvalue weighted by atomic mass is 35.5. The molecule has 1 atom stereocenters. The molecule has 0 radical (unpaired) electrons. The molecular formula is C25H29ClN6O3. The minimum atomic E-state index is -0.988. The number of amidine groups is 1. The van der Waals surface area contributed by atoms with Crippen LogP contribution in [0.4, 0.5) is 5.82 Å². The van der Waals surface area contributed by atoms with Gasteiger partial charge >= 0.3 is 0 Å². The second kappa shape index (κ2) is 11.3. The summed E-state index contributed by atoms with van der Waals surface area (Å²) in [4.78, 5) is 51.3. The number of carbonyl (C=O) groups excluding carboxylic acids is 3. The van der Waals surface area contributed by atoms with Crippen LogP contribution in [-0.2, 0) is 9.59 Å². The number of rotatable bonds is 7. The van der Waals surface area contributed by atoms with E-state index in [9.17, 15) is 14.4 Å². The summed E-state index contributed by atoms with van der Waals surface area (Å²) in [5.41, 5.74) is 1.34. The Hall–Kier alpha value is -3.46. The van der Waals surface area contributed by atoms with E-state index in [1.807, 2.05) is 19.2 Å².